The highest BCUT2D eigenvalue weighted by Gasteiger charge is 2.27. The summed E-state index contributed by atoms with van der Waals surface area (Å²) in [6, 6.07) is 14.5. The lowest BCUT2D eigenvalue weighted by Crippen LogP contribution is -2.40. The van der Waals surface area contributed by atoms with Crippen molar-refractivity contribution in [3.8, 4) is 11.8 Å². The first-order valence-corrected chi connectivity index (χ1v) is 9.93. The van der Waals surface area contributed by atoms with Gasteiger partial charge in [-0.25, -0.2) is 0 Å². The van der Waals surface area contributed by atoms with Crippen LogP contribution in [0.25, 0.3) is 0 Å². The highest BCUT2D eigenvalue weighted by Crippen LogP contribution is 2.33. The van der Waals surface area contributed by atoms with Gasteiger partial charge in [-0.15, -0.1) is 0 Å². The summed E-state index contributed by atoms with van der Waals surface area (Å²) in [6.45, 7) is 4.35. The van der Waals surface area contributed by atoms with Crippen molar-refractivity contribution >= 4 is 33.5 Å². The monoisotopic (exact) mass is 371 g/mol. The van der Waals surface area contributed by atoms with E-state index in [0.717, 1.165) is 47.7 Å². The molecule has 134 valence electrons. The van der Waals surface area contributed by atoms with Crippen LogP contribution in [0.1, 0.15) is 37.0 Å². The fraction of sp³-hybridized carbons (Fsp3) is 0.318. The van der Waals surface area contributed by atoms with E-state index in [1.54, 1.807) is 13.8 Å². The smallest absolute Gasteiger partial charge is 0.199 e. The maximum Gasteiger partial charge on any atom is 0.199 e. The first-order valence-electron chi connectivity index (χ1n) is 9.27. The van der Waals surface area contributed by atoms with E-state index >= 15 is 0 Å². The zero-order valence-corrected chi connectivity index (χ0v) is 16.8. The van der Waals surface area contributed by atoms with Crippen molar-refractivity contribution < 1.29 is 5.11 Å². The Morgan fingerprint density at radius 3 is 2.85 bits per heavy atom. The van der Waals surface area contributed by atoms with E-state index < -0.39 is 5.60 Å². The van der Waals surface area contributed by atoms with Crippen molar-refractivity contribution in [2.75, 3.05) is 16.8 Å². The molecule has 0 aliphatic carbocycles. The van der Waals surface area contributed by atoms with Crippen LogP contribution in [0.4, 0.5) is 11.4 Å². The molecule has 2 aliphatic rings. The lowest BCUT2D eigenvalue weighted by molar-refractivity contribution is 0.143. The van der Waals surface area contributed by atoms with Gasteiger partial charge in [-0.1, -0.05) is 30.0 Å². The Kier molecular flexibility index (Phi) is 4.74. The SMILES string of the molecule is CC(C)(O)C#Cc1cccc2c1CCCN2C1=N[CH]([Al])Nc2ccccc21. The molecule has 0 amide bonds. The molecule has 27 heavy (non-hydrogen) atoms. The summed E-state index contributed by atoms with van der Waals surface area (Å²) in [5, 5.41) is 13.3. The average molecular weight is 371 g/mol. The van der Waals surface area contributed by atoms with Gasteiger partial charge < -0.3 is 15.3 Å². The van der Waals surface area contributed by atoms with Gasteiger partial charge in [-0.2, -0.15) is 0 Å². The summed E-state index contributed by atoms with van der Waals surface area (Å²) in [7, 11) is 0. The number of amidine groups is 1. The molecule has 0 spiro atoms. The second-order valence-electron chi connectivity index (χ2n) is 7.45. The minimum Gasteiger partial charge on any atom is -0.378 e. The molecule has 0 saturated carbocycles. The van der Waals surface area contributed by atoms with E-state index in [1.165, 1.54) is 5.56 Å². The largest absolute Gasteiger partial charge is 0.378 e. The Morgan fingerprint density at radius 1 is 1.22 bits per heavy atom. The standard InChI is InChI=1S/C22H22N3O.Al/c1-22(2,26)13-12-16-7-5-11-20-17(16)9-6-14-25(20)21-18-8-3-4-10-19(18)23-15-24-21;/h3-5,7-8,10-11,15,23,26H,6,9,14H2,1-2H3;. The van der Waals surface area contributed by atoms with Crippen LogP contribution in [0, 0.1) is 11.8 Å². The third-order valence-corrected chi connectivity index (χ3v) is 5.06. The summed E-state index contributed by atoms with van der Waals surface area (Å²) in [5.41, 5.74) is 4.62. The summed E-state index contributed by atoms with van der Waals surface area (Å²) in [5.74, 6) is 7.13. The molecular formula is C22H22AlN3O. The molecule has 0 aromatic heterocycles. The molecule has 5 heteroatoms. The maximum atomic E-state index is 9.96. The molecule has 2 aromatic rings. The minimum absolute atomic E-state index is 0.0431. The summed E-state index contributed by atoms with van der Waals surface area (Å²) in [4.78, 5) is 7.19. The first-order chi connectivity index (χ1) is 12.9. The van der Waals surface area contributed by atoms with Gasteiger partial charge in [0, 0.05) is 34.1 Å². The lowest BCUT2D eigenvalue weighted by atomic mass is 9.95. The quantitative estimate of drug-likeness (QED) is 0.553. The number of aliphatic hydroxyl groups is 1. The van der Waals surface area contributed by atoms with Gasteiger partial charge in [-0.3, -0.25) is 4.99 Å². The Morgan fingerprint density at radius 2 is 2.04 bits per heavy atom. The number of fused-ring (bicyclic) bond motifs is 2. The lowest BCUT2D eigenvalue weighted by Gasteiger charge is -2.36. The predicted octanol–water partition coefficient (Wildman–Crippen LogP) is 2.89. The summed E-state index contributed by atoms with van der Waals surface area (Å²) in [6.07, 6.45) is 2.03. The third kappa shape index (κ3) is 3.75. The molecule has 2 N–H and O–H groups in total. The van der Waals surface area contributed by atoms with Gasteiger partial charge in [0.1, 0.15) is 11.4 Å². The van der Waals surface area contributed by atoms with Crippen LogP contribution in [0.5, 0.6) is 0 Å². The molecular weight excluding hydrogens is 349 g/mol. The number of hydrogen-bond acceptors (Lipinski definition) is 4. The van der Waals surface area contributed by atoms with Crippen molar-refractivity contribution in [2.45, 2.75) is 37.3 Å². The van der Waals surface area contributed by atoms with Gasteiger partial charge in [0.2, 0.25) is 0 Å². The second-order valence-corrected chi connectivity index (χ2v) is 8.09. The zero-order chi connectivity index (χ0) is 19.0. The summed E-state index contributed by atoms with van der Waals surface area (Å²) >= 11 is 2.75. The van der Waals surface area contributed by atoms with Gasteiger partial charge in [0.05, 0.1) is 0 Å². The number of rotatable bonds is 0. The number of nitrogens with one attached hydrogen (secondary N) is 1. The van der Waals surface area contributed by atoms with Gasteiger partial charge in [-0.05, 0) is 56.5 Å². The van der Waals surface area contributed by atoms with Crippen LogP contribution in [-0.4, -0.2) is 44.4 Å². The molecule has 1 unspecified atom stereocenters. The molecule has 2 aromatic carbocycles. The van der Waals surface area contributed by atoms with E-state index in [2.05, 4.69) is 62.6 Å². The minimum atomic E-state index is -0.998. The van der Waals surface area contributed by atoms with Crippen LogP contribution in [0.2, 0.25) is 0 Å². The van der Waals surface area contributed by atoms with E-state index in [0.29, 0.717) is 0 Å². The van der Waals surface area contributed by atoms with E-state index in [4.69, 9.17) is 4.99 Å². The Hall–Kier alpha value is -2.24. The molecule has 1 atom stereocenters. The number of para-hydroxylation sites is 1. The highest BCUT2D eigenvalue weighted by atomic mass is 27.0. The van der Waals surface area contributed by atoms with E-state index in [9.17, 15) is 5.11 Å². The van der Waals surface area contributed by atoms with Gasteiger partial charge in [0.25, 0.3) is 0 Å². The van der Waals surface area contributed by atoms with Crippen molar-refractivity contribution in [3.63, 3.8) is 0 Å². The third-order valence-electron chi connectivity index (χ3n) is 4.74. The first kappa shape index (κ1) is 18.1. The molecule has 0 saturated heterocycles. The Balaban J connectivity index is 1.79. The predicted molar refractivity (Wildman–Crippen MR) is 111 cm³/mol. The zero-order valence-electron chi connectivity index (χ0n) is 15.7. The number of anilines is 2. The fourth-order valence-corrected chi connectivity index (χ4v) is 3.91. The number of nitrogens with zero attached hydrogens (tertiary/aromatic N) is 2. The molecule has 0 fully saturated rings. The average Bonchev–Trinajstić information content (AvgIpc) is 2.64. The van der Waals surface area contributed by atoms with Gasteiger partial charge >= 0.3 is 0 Å². The summed E-state index contributed by atoms with van der Waals surface area (Å²) < 4.78 is 0. The number of hydrogen-bond donors (Lipinski definition) is 2. The molecule has 2 heterocycles. The van der Waals surface area contributed by atoms with Crippen molar-refractivity contribution in [1.82, 2.24) is 0 Å². The molecule has 4 rings (SSSR count). The topological polar surface area (TPSA) is 47.9 Å². The second kappa shape index (κ2) is 7.06. The van der Waals surface area contributed by atoms with Crippen LogP contribution in [0.15, 0.2) is 47.5 Å². The van der Waals surface area contributed by atoms with E-state index in [-0.39, 0.29) is 5.03 Å². The maximum absolute atomic E-state index is 9.96. The van der Waals surface area contributed by atoms with E-state index in [1.807, 2.05) is 18.2 Å². The van der Waals surface area contributed by atoms with Crippen molar-refractivity contribution in [1.29, 1.82) is 0 Å². The fourth-order valence-electron chi connectivity index (χ4n) is 3.59. The van der Waals surface area contributed by atoms with Crippen molar-refractivity contribution in [2.24, 2.45) is 4.99 Å². The van der Waals surface area contributed by atoms with Crippen LogP contribution >= 0.6 is 0 Å². The molecule has 2 radical (unpaired) electrons. The Labute approximate surface area is 168 Å². The molecule has 2 aliphatic heterocycles. The van der Waals surface area contributed by atoms with Crippen molar-refractivity contribution in [3.05, 3.63) is 59.2 Å². The molecule has 4 nitrogen and oxygen atoms in total. The molecule has 0 bridgehead atoms. The van der Waals surface area contributed by atoms with Crippen LogP contribution in [-0.2, 0) is 6.42 Å². The van der Waals surface area contributed by atoms with Gasteiger partial charge in [0.15, 0.2) is 16.3 Å². The van der Waals surface area contributed by atoms with Crippen LogP contribution in [0.3, 0.4) is 0 Å². The highest BCUT2D eigenvalue weighted by molar-refractivity contribution is 6.20. The normalized spacial score (nSPS) is 18.4. The Bertz CT molecular complexity index is 965. The number of aliphatic imine (C=N–C) groups is 1. The number of benzene rings is 2. The van der Waals surface area contributed by atoms with Crippen LogP contribution < -0.4 is 10.2 Å².